The predicted molar refractivity (Wildman–Crippen MR) is 66.6 cm³/mol. The molecule has 0 saturated carbocycles. The predicted octanol–water partition coefficient (Wildman–Crippen LogP) is 1.84. The third-order valence-electron chi connectivity index (χ3n) is 4.01. The SMILES string of the molecule is c1ccc(C2CN(C3CCNCC3)C2)cc1. The van der Waals surface area contributed by atoms with Crippen LogP contribution in [0.5, 0.6) is 0 Å². The first-order valence-corrected chi connectivity index (χ1v) is 6.43. The van der Waals surface area contributed by atoms with Crippen LogP contribution in [0.25, 0.3) is 0 Å². The van der Waals surface area contributed by atoms with Crippen LogP contribution in [0.4, 0.5) is 0 Å². The van der Waals surface area contributed by atoms with Gasteiger partial charge in [-0.2, -0.15) is 0 Å². The van der Waals surface area contributed by atoms with Crippen molar-refractivity contribution in [3.05, 3.63) is 35.9 Å². The molecule has 2 aliphatic rings. The molecule has 2 saturated heterocycles. The van der Waals surface area contributed by atoms with E-state index in [1.165, 1.54) is 44.6 Å². The molecule has 0 radical (unpaired) electrons. The van der Waals surface area contributed by atoms with Crippen molar-refractivity contribution in [3.8, 4) is 0 Å². The highest BCUT2D eigenvalue weighted by atomic mass is 15.2. The number of piperidine rings is 1. The van der Waals surface area contributed by atoms with Gasteiger partial charge in [0.05, 0.1) is 0 Å². The van der Waals surface area contributed by atoms with E-state index >= 15 is 0 Å². The minimum Gasteiger partial charge on any atom is -0.317 e. The van der Waals surface area contributed by atoms with Gasteiger partial charge in [-0.3, -0.25) is 4.90 Å². The number of hydrogen-bond donors (Lipinski definition) is 1. The Morgan fingerprint density at radius 3 is 2.38 bits per heavy atom. The molecule has 0 bridgehead atoms. The molecule has 1 aromatic carbocycles. The van der Waals surface area contributed by atoms with E-state index in [4.69, 9.17) is 0 Å². The summed E-state index contributed by atoms with van der Waals surface area (Å²) in [4.78, 5) is 2.67. The third-order valence-corrected chi connectivity index (χ3v) is 4.01. The van der Waals surface area contributed by atoms with Crippen molar-refractivity contribution in [1.82, 2.24) is 10.2 Å². The van der Waals surface area contributed by atoms with E-state index in [2.05, 4.69) is 40.5 Å². The fourth-order valence-corrected chi connectivity index (χ4v) is 2.92. The molecule has 2 fully saturated rings. The second-order valence-corrected chi connectivity index (χ2v) is 5.04. The molecule has 0 atom stereocenters. The van der Waals surface area contributed by atoms with Gasteiger partial charge in [0.2, 0.25) is 0 Å². The summed E-state index contributed by atoms with van der Waals surface area (Å²) in [6.45, 7) is 4.96. The Labute approximate surface area is 97.6 Å². The van der Waals surface area contributed by atoms with Crippen molar-refractivity contribution in [2.24, 2.45) is 0 Å². The number of benzene rings is 1. The molecule has 2 aliphatic heterocycles. The van der Waals surface area contributed by atoms with Crippen LogP contribution < -0.4 is 5.32 Å². The third kappa shape index (κ3) is 2.00. The zero-order valence-electron chi connectivity index (χ0n) is 9.73. The molecule has 2 heterocycles. The van der Waals surface area contributed by atoms with Gasteiger partial charge >= 0.3 is 0 Å². The Morgan fingerprint density at radius 1 is 1.00 bits per heavy atom. The standard InChI is InChI=1S/C14H20N2/c1-2-4-12(5-3-1)13-10-16(11-13)14-6-8-15-9-7-14/h1-5,13-15H,6-11H2. The minimum absolute atomic E-state index is 0.788. The lowest BCUT2D eigenvalue weighted by Crippen LogP contribution is -2.53. The summed E-state index contributed by atoms with van der Waals surface area (Å²) in [5.41, 5.74) is 1.52. The topological polar surface area (TPSA) is 15.3 Å². The van der Waals surface area contributed by atoms with Crippen LogP contribution >= 0.6 is 0 Å². The molecule has 0 amide bonds. The maximum atomic E-state index is 3.43. The zero-order valence-corrected chi connectivity index (χ0v) is 9.73. The number of hydrogen-bond acceptors (Lipinski definition) is 2. The summed E-state index contributed by atoms with van der Waals surface area (Å²) in [6, 6.07) is 11.8. The molecule has 2 nitrogen and oxygen atoms in total. The maximum Gasteiger partial charge on any atom is 0.0120 e. The first kappa shape index (κ1) is 10.3. The van der Waals surface area contributed by atoms with Gasteiger partial charge in [-0.15, -0.1) is 0 Å². The summed E-state index contributed by atoms with van der Waals surface area (Å²) in [5, 5.41) is 3.43. The summed E-state index contributed by atoms with van der Waals surface area (Å²) >= 11 is 0. The van der Waals surface area contributed by atoms with Gasteiger partial charge in [-0.1, -0.05) is 30.3 Å². The van der Waals surface area contributed by atoms with E-state index in [1.807, 2.05) is 0 Å². The van der Waals surface area contributed by atoms with Crippen molar-refractivity contribution in [2.45, 2.75) is 24.8 Å². The fraction of sp³-hybridized carbons (Fsp3) is 0.571. The summed E-state index contributed by atoms with van der Waals surface area (Å²) in [7, 11) is 0. The van der Waals surface area contributed by atoms with Crippen molar-refractivity contribution >= 4 is 0 Å². The Morgan fingerprint density at radius 2 is 1.69 bits per heavy atom. The van der Waals surface area contributed by atoms with Crippen LogP contribution in [0.1, 0.15) is 24.3 Å². The van der Waals surface area contributed by atoms with Crippen LogP contribution in [-0.2, 0) is 0 Å². The molecule has 0 aliphatic carbocycles. The van der Waals surface area contributed by atoms with Gasteiger partial charge in [0.1, 0.15) is 0 Å². The number of nitrogens with one attached hydrogen (secondary N) is 1. The molecular weight excluding hydrogens is 196 g/mol. The van der Waals surface area contributed by atoms with Crippen molar-refractivity contribution in [1.29, 1.82) is 0 Å². The Hall–Kier alpha value is -0.860. The first-order valence-electron chi connectivity index (χ1n) is 6.43. The Bertz CT molecular complexity index is 324. The lowest BCUT2D eigenvalue weighted by molar-refractivity contribution is 0.0729. The average Bonchev–Trinajstić information content (AvgIpc) is 2.30. The highest BCUT2D eigenvalue weighted by Crippen LogP contribution is 2.30. The maximum absolute atomic E-state index is 3.43. The van der Waals surface area contributed by atoms with Gasteiger partial charge in [-0.05, 0) is 31.5 Å². The summed E-state index contributed by atoms with van der Waals surface area (Å²) in [5.74, 6) is 0.788. The molecular formula is C14H20N2. The second-order valence-electron chi connectivity index (χ2n) is 5.04. The molecule has 2 heteroatoms. The number of likely N-dealkylation sites (tertiary alicyclic amines) is 1. The highest BCUT2D eigenvalue weighted by molar-refractivity contribution is 5.22. The first-order chi connectivity index (χ1) is 7.93. The normalized spacial score (nSPS) is 24.2. The van der Waals surface area contributed by atoms with Gasteiger partial charge in [-0.25, -0.2) is 0 Å². The minimum atomic E-state index is 0.788. The van der Waals surface area contributed by atoms with E-state index in [9.17, 15) is 0 Å². The molecule has 0 aromatic heterocycles. The molecule has 3 rings (SSSR count). The summed E-state index contributed by atoms with van der Waals surface area (Å²) in [6.07, 6.45) is 2.67. The van der Waals surface area contributed by atoms with E-state index < -0.39 is 0 Å². The van der Waals surface area contributed by atoms with E-state index in [-0.39, 0.29) is 0 Å². The molecule has 0 spiro atoms. The van der Waals surface area contributed by atoms with Gasteiger partial charge in [0.25, 0.3) is 0 Å². The van der Waals surface area contributed by atoms with Gasteiger partial charge in [0.15, 0.2) is 0 Å². The molecule has 16 heavy (non-hydrogen) atoms. The van der Waals surface area contributed by atoms with Crippen LogP contribution in [0, 0.1) is 0 Å². The van der Waals surface area contributed by atoms with E-state index in [0.29, 0.717) is 0 Å². The molecule has 1 aromatic rings. The van der Waals surface area contributed by atoms with E-state index in [1.54, 1.807) is 0 Å². The van der Waals surface area contributed by atoms with Gasteiger partial charge < -0.3 is 5.32 Å². The molecule has 86 valence electrons. The largest absolute Gasteiger partial charge is 0.317 e. The van der Waals surface area contributed by atoms with Crippen molar-refractivity contribution in [3.63, 3.8) is 0 Å². The van der Waals surface area contributed by atoms with Crippen molar-refractivity contribution in [2.75, 3.05) is 26.2 Å². The van der Waals surface area contributed by atoms with Crippen LogP contribution in [0.3, 0.4) is 0 Å². The smallest absolute Gasteiger partial charge is 0.0120 e. The second kappa shape index (κ2) is 4.56. The Balaban J connectivity index is 1.54. The van der Waals surface area contributed by atoms with Crippen LogP contribution in [-0.4, -0.2) is 37.1 Å². The monoisotopic (exact) mass is 216 g/mol. The lowest BCUT2D eigenvalue weighted by Gasteiger charge is -2.46. The zero-order chi connectivity index (χ0) is 10.8. The van der Waals surface area contributed by atoms with E-state index in [0.717, 1.165) is 12.0 Å². The van der Waals surface area contributed by atoms with Crippen LogP contribution in [0.2, 0.25) is 0 Å². The fourth-order valence-electron chi connectivity index (χ4n) is 2.92. The quantitative estimate of drug-likeness (QED) is 0.811. The van der Waals surface area contributed by atoms with Crippen molar-refractivity contribution < 1.29 is 0 Å². The Kier molecular flexibility index (Phi) is 2.94. The lowest BCUT2D eigenvalue weighted by atomic mass is 9.88. The summed E-state index contributed by atoms with van der Waals surface area (Å²) < 4.78 is 0. The number of nitrogens with zero attached hydrogens (tertiary/aromatic N) is 1. The highest BCUT2D eigenvalue weighted by Gasteiger charge is 2.33. The van der Waals surface area contributed by atoms with Gasteiger partial charge in [0, 0.05) is 25.0 Å². The van der Waals surface area contributed by atoms with Crippen LogP contribution in [0.15, 0.2) is 30.3 Å². The average molecular weight is 216 g/mol. The molecule has 0 unspecified atom stereocenters. The number of rotatable bonds is 2. The molecule has 1 N–H and O–H groups in total.